The summed E-state index contributed by atoms with van der Waals surface area (Å²) in [6.07, 6.45) is 3.26. The molecule has 2 N–H and O–H groups in total. The number of hydrogen-bond donors (Lipinski definition) is 2. The van der Waals surface area contributed by atoms with Crippen LogP contribution in [0, 0.1) is 11.3 Å². The number of nitriles is 1. The number of carbonyl (C=O) groups excluding carboxylic acids is 2. The number of fused-ring (bicyclic) bond motifs is 2. The number of carbonyl (C=O) groups is 2. The summed E-state index contributed by atoms with van der Waals surface area (Å²) in [4.78, 5) is 46.6. The van der Waals surface area contributed by atoms with Gasteiger partial charge in [-0.15, -0.1) is 0 Å². The number of benzene rings is 2. The highest BCUT2D eigenvalue weighted by atomic mass is 16.5. The average Bonchev–Trinajstić information content (AvgIpc) is 3.67. The molecule has 2 amide bonds. The van der Waals surface area contributed by atoms with Crippen molar-refractivity contribution in [2.75, 3.05) is 41.3 Å². The molecule has 1 aromatic heterocycles. The number of nitrogens with zero attached hydrogens (tertiary/aromatic N) is 5. The molecule has 1 fully saturated rings. The van der Waals surface area contributed by atoms with Gasteiger partial charge < -0.3 is 20.0 Å². The van der Waals surface area contributed by atoms with E-state index in [2.05, 4.69) is 40.2 Å². The molecule has 3 aromatic rings. The first-order valence-electron chi connectivity index (χ1n) is 15.3. The monoisotopic (exact) mass is 611 g/mol. The largest absolute Gasteiger partial charge is 0.438 e. The van der Waals surface area contributed by atoms with Crippen LogP contribution < -0.4 is 11.1 Å². The first-order valence-corrected chi connectivity index (χ1v) is 15.3. The zero-order chi connectivity index (χ0) is 32.5. The molecule has 45 heavy (non-hydrogen) atoms. The highest BCUT2D eigenvalue weighted by molar-refractivity contribution is 5.94. The third-order valence-electron chi connectivity index (χ3n) is 9.10. The molecule has 2 heterocycles. The van der Waals surface area contributed by atoms with Crippen LogP contribution in [0.2, 0.25) is 0 Å². The molecular weight excluding hydrogens is 570 g/mol. The Balaban J connectivity index is 1.63. The fourth-order valence-electron chi connectivity index (χ4n) is 6.76. The van der Waals surface area contributed by atoms with Crippen molar-refractivity contribution in [1.82, 2.24) is 30.2 Å². The maximum Gasteiger partial charge on any atom is 0.438 e. The van der Waals surface area contributed by atoms with Gasteiger partial charge in [0.15, 0.2) is 5.82 Å². The Morgan fingerprint density at radius 3 is 2.36 bits per heavy atom. The molecular formula is C34H41N7O4. The van der Waals surface area contributed by atoms with E-state index in [1.54, 1.807) is 23.9 Å². The molecule has 5 rings (SSSR count). The number of rotatable bonds is 9. The number of amides is 2. The van der Waals surface area contributed by atoms with Gasteiger partial charge in [0, 0.05) is 52.0 Å². The van der Waals surface area contributed by atoms with E-state index in [1.807, 2.05) is 50.2 Å². The van der Waals surface area contributed by atoms with Gasteiger partial charge in [-0.05, 0) is 85.0 Å². The highest BCUT2D eigenvalue weighted by Crippen LogP contribution is 2.47. The van der Waals surface area contributed by atoms with Gasteiger partial charge in [0.2, 0.25) is 5.91 Å². The van der Waals surface area contributed by atoms with Crippen molar-refractivity contribution in [3.63, 3.8) is 0 Å². The van der Waals surface area contributed by atoms with Crippen molar-refractivity contribution in [2.45, 2.75) is 56.5 Å². The minimum atomic E-state index is -0.983. The van der Waals surface area contributed by atoms with Crippen LogP contribution in [-0.4, -0.2) is 90.0 Å². The SMILES string of the molecule is C=C(c1ccc2c(c1)CCc1cc(C(=O)N(C)C)ccc1C2(C[C@@H](C)NCC(=O)N1CCCC1C#N)c1noc(=O)[nH]1)N(C)C. The summed E-state index contributed by atoms with van der Waals surface area (Å²) in [5.41, 5.74) is 5.32. The predicted octanol–water partition coefficient (Wildman–Crippen LogP) is 2.91. The second kappa shape index (κ2) is 12.7. The summed E-state index contributed by atoms with van der Waals surface area (Å²) >= 11 is 0. The lowest BCUT2D eigenvalue weighted by Gasteiger charge is -2.37. The molecule has 1 aliphatic carbocycles. The van der Waals surface area contributed by atoms with Crippen LogP contribution in [0.25, 0.3) is 5.70 Å². The van der Waals surface area contributed by atoms with Crippen LogP contribution >= 0.6 is 0 Å². The van der Waals surface area contributed by atoms with Crippen LogP contribution in [0.3, 0.4) is 0 Å². The number of nitrogens with one attached hydrogen (secondary N) is 2. The van der Waals surface area contributed by atoms with Gasteiger partial charge in [-0.2, -0.15) is 5.26 Å². The Morgan fingerprint density at radius 2 is 1.78 bits per heavy atom. The van der Waals surface area contributed by atoms with E-state index >= 15 is 0 Å². The Morgan fingerprint density at radius 1 is 1.13 bits per heavy atom. The van der Waals surface area contributed by atoms with Crippen LogP contribution in [0.4, 0.5) is 0 Å². The molecule has 236 valence electrons. The number of aryl methyl sites for hydroxylation is 2. The lowest BCUT2D eigenvalue weighted by Crippen LogP contribution is -2.45. The zero-order valence-electron chi connectivity index (χ0n) is 26.6. The second-order valence-corrected chi connectivity index (χ2v) is 12.5. The van der Waals surface area contributed by atoms with Crippen LogP contribution in [0.5, 0.6) is 0 Å². The number of aromatic nitrogens is 2. The Kier molecular flexibility index (Phi) is 8.98. The van der Waals surface area contributed by atoms with E-state index in [1.165, 1.54) is 0 Å². The quantitative estimate of drug-likeness (QED) is 0.377. The highest BCUT2D eigenvalue weighted by Gasteiger charge is 2.45. The number of hydrogen-bond acceptors (Lipinski definition) is 8. The first-order chi connectivity index (χ1) is 21.5. The van der Waals surface area contributed by atoms with Crippen molar-refractivity contribution in [3.05, 3.63) is 92.7 Å². The van der Waals surface area contributed by atoms with Crippen LogP contribution in [-0.2, 0) is 23.1 Å². The van der Waals surface area contributed by atoms with Crippen LogP contribution in [0.1, 0.15) is 70.2 Å². The molecule has 11 nitrogen and oxygen atoms in total. The standard InChI is InChI=1S/C34H41N7O4/c1-21(36-20-30(42)41-15-7-8-27(41)19-35)18-34(32-37-33(44)45-38-32)28-13-11-23(22(2)39(3)4)16-24(28)9-10-25-17-26(12-14-29(25)34)31(43)40(5)6/h11-14,16-17,21,27,36H,2,7-10,15,18,20H2,1,3-6H3,(H,37,38,44)/t21-,27?,34?/m1/s1. The fourth-order valence-corrected chi connectivity index (χ4v) is 6.76. The smallest absolute Gasteiger partial charge is 0.378 e. The maximum absolute atomic E-state index is 13.1. The number of H-pyrrole nitrogens is 1. The average molecular weight is 612 g/mol. The predicted molar refractivity (Wildman–Crippen MR) is 170 cm³/mol. The summed E-state index contributed by atoms with van der Waals surface area (Å²) in [5, 5.41) is 17.1. The lowest BCUT2D eigenvalue weighted by atomic mass is 9.67. The normalized spacial score (nSPS) is 19.6. The molecule has 1 aliphatic heterocycles. The van der Waals surface area contributed by atoms with Gasteiger partial charge in [0.05, 0.1) is 18.0 Å². The van der Waals surface area contributed by atoms with Crippen molar-refractivity contribution in [1.29, 1.82) is 5.26 Å². The summed E-state index contributed by atoms with van der Waals surface area (Å²) in [6.45, 7) is 6.90. The molecule has 11 heteroatoms. The van der Waals surface area contributed by atoms with Gasteiger partial charge in [0.25, 0.3) is 5.91 Å². The van der Waals surface area contributed by atoms with E-state index in [9.17, 15) is 19.6 Å². The minimum absolute atomic E-state index is 0.0718. The summed E-state index contributed by atoms with van der Waals surface area (Å²) in [7, 11) is 7.35. The van der Waals surface area contributed by atoms with Crippen molar-refractivity contribution in [2.24, 2.45) is 0 Å². The molecule has 1 saturated heterocycles. The van der Waals surface area contributed by atoms with E-state index in [-0.39, 0.29) is 24.4 Å². The molecule has 2 unspecified atom stereocenters. The molecule has 2 aliphatic rings. The van der Waals surface area contributed by atoms with Crippen molar-refractivity contribution in [3.8, 4) is 6.07 Å². The molecule has 2 aromatic carbocycles. The topological polar surface area (TPSA) is 139 Å². The molecule has 0 saturated carbocycles. The van der Waals surface area contributed by atoms with Gasteiger partial charge in [-0.3, -0.25) is 19.1 Å². The maximum atomic E-state index is 13.1. The molecule has 3 atom stereocenters. The number of aromatic amines is 1. The number of likely N-dealkylation sites (tertiary alicyclic amines) is 1. The van der Waals surface area contributed by atoms with E-state index in [0.29, 0.717) is 43.6 Å². The first kappa shape index (κ1) is 31.7. The second-order valence-electron chi connectivity index (χ2n) is 12.5. The third kappa shape index (κ3) is 6.02. The van der Waals surface area contributed by atoms with Crippen LogP contribution in [0.15, 0.2) is 52.3 Å². The van der Waals surface area contributed by atoms with Gasteiger partial charge >= 0.3 is 5.76 Å². The fraction of sp³-hybridized carbons (Fsp3) is 0.441. The summed E-state index contributed by atoms with van der Waals surface area (Å²) in [5.74, 6) is -0.529. The van der Waals surface area contributed by atoms with E-state index < -0.39 is 17.2 Å². The van der Waals surface area contributed by atoms with E-state index in [4.69, 9.17) is 4.52 Å². The van der Waals surface area contributed by atoms with E-state index in [0.717, 1.165) is 39.9 Å². The molecule has 0 bridgehead atoms. The Labute approximate surface area is 263 Å². The Bertz CT molecular complexity index is 1640. The lowest BCUT2D eigenvalue weighted by molar-refractivity contribution is -0.130. The zero-order valence-corrected chi connectivity index (χ0v) is 26.6. The van der Waals surface area contributed by atoms with Gasteiger partial charge in [-0.25, -0.2) is 4.79 Å². The molecule has 0 spiro atoms. The summed E-state index contributed by atoms with van der Waals surface area (Å²) in [6, 6.07) is 13.5. The Hall–Kier alpha value is -4.69. The molecule has 0 radical (unpaired) electrons. The van der Waals surface area contributed by atoms with Crippen molar-refractivity contribution >= 4 is 17.5 Å². The van der Waals surface area contributed by atoms with Gasteiger partial charge in [-0.1, -0.05) is 29.9 Å². The summed E-state index contributed by atoms with van der Waals surface area (Å²) < 4.78 is 5.12. The van der Waals surface area contributed by atoms with Crippen molar-refractivity contribution < 1.29 is 14.1 Å². The third-order valence-corrected chi connectivity index (χ3v) is 9.10. The minimum Gasteiger partial charge on any atom is -0.378 e. The van der Waals surface area contributed by atoms with Gasteiger partial charge in [0.1, 0.15) is 6.04 Å².